The van der Waals surface area contributed by atoms with Crippen LogP contribution in [0.2, 0.25) is 0 Å². The van der Waals surface area contributed by atoms with Crippen LogP contribution >= 0.6 is 0 Å². The number of benzene rings is 2. The Kier molecular flexibility index (Phi) is 7.48. The lowest BCUT2D eigenvalue weighted by atomic mass is 10.00. The molecule has 0 aliphatic carbocycles. The predicted octanol–water partition coefficient (Wildman–Crippen LogP) is 3.16. The van der Waals surface area contributed by atoms with Crippen LogP contribution in [0.15, 0.2) is 48.5 Å². The second kappa shape index (κ2) is 10.5. The molecule has 2 unspecified atom stereocenters. The standard InChI is InChI=1S/C26H32N2O4/c1-19-15-27(11-13-31-19)17-25(29)23-7-3-21(4-8-23)22-5-9-24(10-6-22)26(30)18-28-12-14-32-20(2)16-28/h3-10,19-20H,11-18H2,1-2H3. The molecule has 0 amide bonds. The lowest BCUT2D eigenvalue weighted by molar-refractivity contribution is -0.0161. The van der Waals surface area contributed by atoms with Gasteiger partial charge in [0.15, 0.2) is 11.6 Å². The van der Waals surface area contributed by atoms with Crippen molar-refractivity contribution in [3.63, 3.8) is 0 Å². The molecule has 32 heavy (non-hydrogen) atoms. The van der Waals surface area contributed by atoms with Crippen molar-refractivity contribution in [3.8, 4) is 11.1 Å². The Morgan fingerprint density at radius 3 is 1.44 bits per heavy atom. The Bertz CT molecular complexity index is 848. The number of Topliss-reactive ketones (excluding diaryl/α,β-unsaturated/α-hetero) is 2. The first-order valence-electron chi connectivity index (χ1n) is 11.4. The number of morpholine rings is 2. The molecule has 2 aromatic rings. The van der Waals surface area contributed by atoms with Crippen molar-refractivity contribution in [3.05, 3.63) is 59.7 Å². The highest BCUT2D eigenvalue weighted by Crippen LogP contribution is 2.21. The molecule has 0 bridgehead atoms. The summed E-state index contributed by atoms with van der Waals surface area (Å²) in [5.41, 5.74) is 3.50. The van der Waals surface area contributed by atoms with Crippen LogP contribution in [0, 0.1) is 0 Å². The van der Waals surface area contributed by atoms with Crippen LogP contribution in [0.1, 0.15) is 34.6 Å². The first kappa shape index (κ1) is 22.8. The lowest BCUT2D eigenvalue weighted by Crippen LogP contribution is -2.43. The molecular formula is C26H32N2O4. The van der Waals surface area contributed by atoms with Crippen LogP contribution in [0.5, 0.6) is 0 Å². The fraction of sp³-hybridized carbons (Fsp3) is 0.462. The van der Waals surface area contributed by atoms with Gasteiger partial charge in [0.1, 0.15) is 0 Å². The number of carbonyl (C=O) groups is 2. The van der Waals surface area contributed by atoms with E-state index < -0.39 is 0 Å². The summed E-state index contributed by atoms with van der Waals surface area (Å²) in [7, 11) is 0. The van der Waals surface area contributed by atoms with Crippen LogP contribution < -0.4 is 0 Å². The third-order valence-electron chi connectivity index (χ3n) is 6.13. The maximum absolute atomic E-state index is 12.6. The average Bonchev–Trinajstić information content (AvgIpc) is 2.79. The molecule has 4 rings (SSSR count). The summed E-state index contributed by atoms with van der Waals surface area (Å²) in [6, 6.07) is 15.4. The van der Waals surface area contributed by atoms with E-state index in [1.54, 1.807) is 0 Å². The molecule has 2 aliphatic heterocycles. The van der Waals surface area contributed by atoms with Gasteiger partial charge < -0.3 is 9.47 Å². The summed E-state index contributed by atoms with van der Waals surface area (Å²) >= 11 is 0. The second-order valence-electron chi connectivity index (χ2n) is 8.83. The van der Waals surface area contributed by atoms with Gasteiger partial charge in [-0.25, -0.2) is 0 Å². The number of hydrogen-bond donors (Lipinski definition) is 0. The summed E-state index contributed by atoms with van der Waals surface area (Å²) in [5.74, 6) is 0.257. The van der Waals surface area contributed by atoms with Gasteiger partial charge in [-0.05, 0) is 25.0 Å². The summed E-state index contributed by atoms with van der Waals surface area (Å²) in [6.45, 7) is 9.44. The molecule has 0 saturated carbocycles. The largest absolute Gasteiger partial charge is 0.376 e. The molecule has 6 nitrogen and oxygen atoms in total. The zero-order valence-corrected chi connectivity index (χ0v) is 19.0. The number of ether oxygens (including phenoxy) is 2. The van der Waals surface area contributed by atoms with Gasteiger partial charge in [-0.2, -0.15) is 0 Å². The Balaban J connectivity index is 1.34. The van der Waals surface area contributed by atoms with Crippen LogP contribution in [0.25, 0.3) is 11.1 Å². The number of nitrogens with zero attached hydrogens (tertiary/aromatic N) is 2. The normalized spacial score (nSPS) is 22.6. The zero-order valence-electron chi connectivity index (χ0n) is 19.0. The summed E-state index contributed by atoms with van der Waals surface area (Å²) in [6.07, 6.45) is 0.345. The Labute approximate surface area is 190 Å². The van der Waals surface area contributed by atoms with Crippen molar-refractivity contribution in [2.24, 2.45) is 0 Å². The van der Waals surface area contributed by atoms with Crippen LogP contribution in [-0.2, 0) is 9.47 Å². The highest BCUT2D eigenvalue weighted by Gasteiger charge is 2.21. The van der Waals surface area contributed by atoms with Gasteiger partial charge in [0.2, 0.25) is 0 Å². The van der Waals surface area contributed by atoms with Gasteiger partial charge >= 0.3 is 0 Å². The lowest BCUT2D eigenvalue weighted by Gasteiger charge is -2.30. The van der Waals surface area contributed by atoms with Crippen LogP contribution in [0.4, 0.5) is 0 Å². The van der Waals surface area contributed by atoms with Gasteiger partial charge in [0.25, 0.3) is 0 Å². The average molecular weight is 437 g/mol. The fourth-order valence-electron chi connectivity index (χ4n) is 4.35. The molecular weight excluding hydrogens is 404 g/mol. The van der Waals surface area contributed by atoms with Crippen molar-refractivity contribution in [2.45, 2.75) is 26.1 Å². The quantitative estimate of drug-likeness (QED) is 0.622. The predicted molar refractivity (Wildman–Crippen MR) is 124 cm³/mol. The van der Waals surface area contributed by atoms with E-state index in [2.05, 4.69) is 9.80 Å². The highest BCUT2D eigenvalue weighted by atomic mass is 16.5. The molecule has 0 N–H and O–H groups in total. The fourth-order valence-corrected chi connectivity index (χ4v) is 4.35. The third kappa shape index (κ3) is 5.90. The van der Waals surface area contributed by atoms with Crippen molar-refractivity contribution >= 4 is 11.6 Å². The molecule has 6 heteroatoms. The molecule has 2 fully saturated rings. The summed E-state index contributed by atoms with van der Waals surface area (Å²) in [4.78, 5) is 29.6. The van der Waals surface area contributed by atoms with E-state index in [0.29, 0.717) is 26.3 Å². The number of hydrogen-bond acceptors (Lipinski definition) is 6. The second-order valence-corrected chi connectivity index (χ2v) is 8.83. The molecule has 2 saturated heterocycles. The Morgan fingerprint density at radius 1 is 0.719 bits per heavy atom. The molecule has 0 aromatic heterocycles. The summed E-state index contributed by atoms with van der Waals surface area (Å²) < 4.78 is 11.1. The van der Waals surface area contributed by atoms with E-state index in [4.69, 9.17) is 9.47 Å². The number of ketones is 2. The van der Waals surface area contributed by atoms with Crippen LogP contribution in [-0.4, -0.2) is 86.1 Å². The van der Waals surface area contributed by atoms with E-state index in [9.17, 15) is 9.59 Å². The van der Waals surface area contributed by atoms with Gasteiger partial charge in [-0.1, -0.05) is 48.5 Å². The van der Waals surface area contributed by atoms with Crippen molar-refractivity contribution in [1.29, 1.82) is 0 Å². The Hall–Kier alpha value is -2.38. The maximum Gasteiger partial charge on any atom is 0.176 e. The van der Waals surface area contributed by atoms with Crippen molar-refractivity contribution in [2.75, 3.05) is 52.5 Å². The van der Waals surface area contributed by atoms with Crippen molar-refractivity contribution in [1.82, 2.24) is 9.80 Å². The third-order valence-corrected chi connectivity index (χ3v) is 6.13. The first-order chi connectivity index (χ1) is 15.5. The topological polar surface area (TPSA) is 59.1 Å². The van der Waals surface area contributed by atoms with Gasteiger partial charge in [0, 0.05) is 37.3 Å². The molecule has 2 aromatic carbocycles. The minimum atomic E-state index is 0.129. The number of carbonyl (C=O) groups excluding carboxylic acids is 2. The van der Waals surface area contributed by atoms with E-state index >= 15 is 0 Å². The zero-order chi connectivity index (χ0) is 22.5. The minimum absolute atomic E-state index is 0.129. The molecule has 0 radical (unpaired) electrons. The van der Waals surface area contributed by atoms with Crippen molar-refractivity contribution < 1.29 is 19.1 Å². The van der Waals surface area contributed by atoms with Gasteiger partial charge in [-0.3, -0.25) is 19.4 Å². The molecule has 2 aliphatic rings. The Morgan fingerprint density at radius 2 is 1.09 bits per heavy atom. The summed E-state index contributed by atoms with van der Waals surface area (Å²) in [5, 5.41) is 0. The van der Waals surface area contributed by atoms with E-state index in [1.807, 2.05) is 62.4 Å². The molecule has 2 atom stereocenters. The number of rotatable bonds is 7. The van der Waals surface area contributed by atoms with Crippen LogP contribution in [0.3, 0.4) is 0 Å². The monoisotopic (exact) mass is 436 g/mol. The highest BCUT2D eigenvalue weighted by molar-refractivity contribution is 5.99. The minimum Gasteiger partial charge on any atom is -0.376 e. The first-order valence-corrected chi connectivity index (χ1v) is 11.4. The molecule has 2 heterocycles. The SMILES string of the molecule is CC1CN(CC(=O)c2ccc(-c3ccc(C(=O)CN4CCOC(C)C4)cc3)cc2)CCO1. The van der Waals surface area contributed by atoms with E-state index in [0.717, 1.165) is 48.4 Å². The van der Waals surface area contributed by atoms with E-state index in [-0.39, 0.29) is 23.8 Å². The molecule has 0 spiro atoms. The maximum atomic E-state index is 12.6. The van der Waals surface area contributed by atoms with Gasteiger partial charge in [0.05, 0.1) is 38.5 Å². The van der Waals surface area contributed by atoms with E-state index in [1.165, 1.54) is 0 Å². The van der Waals surface area contributed by atoms with Gasteiger partial charge in [-0.15, -0.1) is 0 Å². The smallest absolute Gasteiger partial charge is 0.176 e. The molecule has 170 valence electrons.